The van der Waals surface area contributed by atoms with Crippen molar-refractivity contribution in [1.29, 1.82) is 0 Å². The van der Waals surface area contributed by atoms with Crippen LogP contribution in [0.3, 0.4) is 0 Å². The highest BCUT2D eigenvalue weighted by Gasteiger charge is 2.26. The third kappa shape index (κ3) is 5.50. The van der Waals surface area contributed by atoms with Gasteiger partial charge in [-0.05, 0) is 62.1 Å². The van der Waals surface area contributed by atoms with Gasteiger partial charge < -0.3 is 9.64 Å². The van der Waals surface area contributed by atoms with E-state index in [9.17, 15) is 13.2 Å². The van der Waals surface area contributed by atoms with Gasteiger partial charge in [-0.2, -0.15) is 0 Å². The fourth-order valence-electron chi connectivity index (χ4n) is 3.36. The minimum Gasteiger partial charge on any atom is -0.484 e. The van der Waals surface area contributed by atoms with Crippen LogP contribution < -0.4 is 9.46 Å². The summed E-state index contributed by atoms with van der Waals surface area (Å²) in [5, 5.41) is 0.698. The SMILES string of the molecule is Cc1cc(OCC(=O)N2CCC(NS(=O)(=O)c3ccccc3)CC2)cc(C)c1Cl. The second kappa shape index (κ2) is 9.15. The summed E-state index contributed by atoms with van der Waals surface area (Å²) >= 11 is 6.15. The molecule has 3 rings (SSSR count). The van der Waals surface area contributed by atoms with Gasteiger partial charge in [0.2, 0.25) is 10.0 Å². The first-order valence-electron chi connectivity index (χ1n) is 9.51. The molecule has 8 heteroatoms. The second-order valence-corrected chi connectivity index (χ2v) is 9.34. The molecule has 0 radical (unpaired) electrons. The lowest BCUT2D eigenvalue weighted by Gasteiger charge is -2.32. The van der Waals surface area contributed by atoms with Gasteiger partial charge in [-0.1, -0.05) is 29.8 Å². The van der Waals surface area contributed by atoms with Crippen molar-refractivity contribution in [1.82, 2.24) is 9.62 Å². The standard InChI is InChI=1S/C21H25ClN2O4S/c1-15-12-18(13-16(2)21(15)22)28-14-20(25)24-10-8-17(9-11-24)23-29(26,27)19-6-4-3-5-7-19/h3-7,12-13,17,23H,8-11,14H2,1-2H3. The van der Waals surface area contributed by atoms with E-state index in [-0.39, 0.29) is 23.5 Å². The molecule has 1 amide bonds. The van der Waals surface area contributed by atoms with E-state index in [1.54, 1.807) is 35.2 Å². The van der Waals surface area contributed by atoms with Gasteiger partial charge in [0.25, 0.3) is 5.91 Å². The van der Waals surface area contributed by atoms with Gasteiger partial charge in [0, 0.05) is 24.2 Å². The number of ether oxygens (including phenoxy) is 1. The van der Waals surface area contributed by atoms with Crippen LogP contribution >= 0.6 is 11.6 Å². The van der Waals surface area contributed by atoms with E-state index < -0.39 is 10.0 Å². The van der Waals surface area contributed by atoms with Crippen LogP contribution in [0.4, 0.5) is 0 Å². The first kappa shape index (κ1) is 21.6. The number of hydrogen-bond donors (Lipinski definition) is 1. The number of carbonyl (C=O) groups excluding carboxylic acids is 1. The molecule has 1 saturated heterocycles. The Morgan fingerprint density at radius 2 is 1.72 bits per heavy atom. The zero-order valence-corrected chi connectivity index (χ0v) is 18.1. The van der Waals surface area contributed by atoms with Gasteiger partial charge >= 0.3 is 0 Å². The molecule has 1 aliphatic rings. The maximum absolute atomic E-state index is 12.5. The average molecular weight is 437 g/mol. The molecule has 29 heavy (non-hydrogen) atoms. The smallest absolute Gasteiger partial charge is 0.260 e. The van der Waals surface area contributed by atoms with E-state index in [1.807, 2.05) is 26.0 Å². The van der Waals surface area contributed by atoms with Crippen LogP contribution in [-0.4, -0.2) is 45.0 Å². The summed E-state index contributed by atoms with van der Waals surface area (Å²) in [5.41, 5.74) is 1.81. The highest BCUT2D eigenvalue weighted by atomic mass is 35.5. The molecule has 0 unspecified atom stereocenters. The Hall–Kier alpha value is -2.09. The molecule has 0 saturated carbocycles. The predicted molar refractivity (Wildman–Crippen MR) is 113 cm³/mol. The number of hydrogen-bond acceptors (Lipinski definition) is 4. The lowest BCUT2D eigenvalue weighted by Crippen LogP contribution is -2.47. The molecule has 156 valence electrons. The van der Waals surface area contributed by atoms with Crippen LogP contribution in [0, 0.1) is 13.8 Å². The Kier molecular flexibility index (Phi) is 6.82. The summed E-state index contributed by atoms with van der Waals surface area (Å²) in [6.07, 6.45) is 1.13. The Balaban J connectivity index is 1.49. The van der Waals surface area contributed by atoms with E-state index in [0.717, 1.165) is 11.1 Å². The maximum atomic E-state index is 12.5. The van der Waals surface area contributed by atoms with E-state index in [2.05, 4.69) is 4.72 Å². The number of aryl methyl sites for hydroxylation is 2. The molecule has 0 aliphatic carbocycles. The molecule has 0 bridgehead atoms. The fourth-order valence-corrected chi connectivity index (χ4v) is 4.79. The first-order chi connectivity index (χ1) is 13.8. The van der Waals surface area contributed by atoms with Crippen molar-refractivity contribution in [3.63, 3.8) is 0 Å². The molecule has 1 fully saturated rings. The quantitative estimate of drug-likeness (QED) is 0.753. The number of nitrogens with zero attached hydrogens (tertiary/aromatic N) is 1. The monoisotopic (exact) mass is 436 g/mol. The largest absolute Gasteiger partial charge is 0.484 e. The van der Waals surface area contributed by atoms with E-state index in [4.69, 9.17) is 16.3 Å². The zero-order chi connectivity index (χ0) is 21.0. The number of piperidine rings is 1. The van der Waals surface area contributed by atoms with Crippen molar-refractivity contribution < 1.29 is 17.9 Å². The van der Waals surface area contributed by atoms with Crippen LogP contribution in [0.25, 0.3) is 0 Å². The van der Waals surface area contributed by atoms with Gasteiger partial charge in [0.1, 0.15) is 5.75 Å². The van der Waals surface area contributed by atoms with Crippen molar-refractivity contribution >= 4 is 27.5 Å². The number of rotatable bonds is 6. The molecule has 0 aromatic heterocycles. The lowest BCUT2D eigenvalue weighted by molar-refractivity contribution is -0.134. The minimum atomic E-state index is -3.54. The first-order valence-corrected chi connectivity index (χ1v) is 11.4. The number of likely N-dealkylation sites (tertiary alicyclic amines) is 1. The Morgan fingerprint density at radius 1 is 1.14 bits per heavy atom. The third-order valence-corrected chi connectivity index (χ3v) is 7.13. The van der Waals surface area contributed by atoms with Crippen LogP contribution in [0.1, 0.15) is 24.0 Å². The molecular weight excluding hydrogens is 412 g/mol. The van der Waals surface area contributed by atoms with E-state index >= 15 is 0 Å². The highest BCUT2D eigenvalue weighted by Crippen LogP contribution is 2.26. The Labute approximate surface area is 176 Å². The number of halogens is 1. The topological polar surface area (TPSA) is 75.7 Å². The van der Waals surface area contributed by atoms with Crippen LogP contribution in [0.15, 0.2) is 47.4 Å². The molecule has 2 aromatic carbocycles. The highest BCUT2D eigenvalue weighted by molar-refractivity contribution is 7.89. The van der Waals surface area contributed by atoms with Crippen molar-refractivity contribution in [3.05, 3.63) is 58.6 Å². The van der Waals surface area contributed by atoms with E-state index in [1.165, 1.54) is 0 Å². The molecule has 1 heterocycles. The molecule has 1 N–H and O–H groups in total. The summed E-state index contributed by atoms with van der Waals surface area (Å²) in [6, 6.07) is 11.7. The van der Waals surface area contributed by atoms with Crippen molar-refractivity contribution in [3.8, 4) is 5.75 Å². The second-order valence-electron chi connectivity index (χ2n) is 7.25. The minimum absolute atomic E-state index is 0.0546. The average Bonchev–Trinajstić information content (AvgIpc) is 2.71. The molecule has 6 nitrogen and oxygen atoms in total. The van der Waals surface area contributed by atoms with Gasteiger partial charge in [-0.3, -0.25) is 4.79 Å². The fraction of sp³-hybridized carbons (Fsp3) is 0.381. The normalized spacial score (nSPS) is 15.3. The van der Waals surface area contributed by atoms with E-state index in [0.29, 0.717) is 36.7 Å². The summed E-state index contributed by atoms with van der Waals surface area (Å²) in [5.74, 6) is 0.503. The van der Waals surface area contributed by atoms with Crippen LogP contribution in [-0.2, 0) is 14.8 Å². The number of sulfonamides is 1. The molecule has 1 aliphatic heterocycles. The summed E-state index contributed by atoms with van der Waals surface area (Å²) in [7, 11) is -3.54. The number of amides is 1. The molecule has 2 aromatic rings. The van der Waals surface area contributed by atoms with Crippen LogP contribution in [0.2, 0.25) is 5.02 Å². The van der Waals surface area contributed by atoms with Gasteiger partial charge in [0.15, 0.2) is 6.61 Å². The van der Waals surface area contributed by atoms with Crippen LogP contribution in [0.5, 0.6) is 5.75 Å². The molecule has 0 atom stereocenters. The number of nitrogens with one attached hydrogen (secondary N) is 1. The predicted octanol–water partition coefficient (Wildman–Crippen LogP) is 3.31. The lowest BCUT2D eigenvalue weighted by atomic mass is 10.1. The third-order valence-electron chi connectivity index (χ3n) is 5.00. The molecular formula is C21H25ClN2O4S. The summed E-state index contributed by atoms with van der Waals surface area (Å²) in [6.45, 7) is 4.71. The Morgan fingerprint density at radius 3 is 2.31 bits per heavy atom. The van der Waals surface area contributed by atoms with Gasteiger partial charge in [-0.25, -0.2) is 13.1 Å². The molecule has 0 spiro atoms. The van der Waals surface area contributed by atoms with Crippen molar-refractivity contribution in [2.75, 3.05) is 19.7 Å². The summed E-state index contributed by atoms with van der Waals surface area (Å²) < 4.78 is 33.2. The number of carbonyl (C=O) groups is 1. The number of benzene rings is 2. The van der Waals surface area contributed by atoms with Crippen molar-refractivity contribution in [2.24, 2.45) is 0 Å². The summed E-state index contributed by atoms with van der Waals surface area (Å²) in [4.78, 5) is 14.4. The van der Waals surface area contributed by atoms with Gasteiger partial charge in [-0.15, -0.1) is 0 Å². The maximum Gasteiger partial charge on any atom is 0.260 e. The Bertz CT molecular complexity index is 948. The van der Waals surface area contributed by atoms with Gasteiger partial charge in [0.05, 0.1) is 4.90 Å². The zero-order valence-electron chi connectivity index (χ0n) is 16.5. The van der Waals surface area contributed by atoms with Crippen molar-refractivity contribution in [2.45, 2.75) is 37.6 Å².